The van der Waals surface area contributed by atoms with E-state index in [0.717, 1.165) is 32.5 Å². The highest BCUT2D eigenvalue weighted by molar-refractivity contribution is 5.83. The molecule has 5 nitrogen and oxygen atoms in total. The topological polar surface area (TPSA) is 69.6 Å². The molecule has 3 rings (SSSR count). The number of carboxylic acid groups (broad SMARTS) is 1. The number of hydrogen-bond acceptors (Lipinski definition) is 3. The van der Waals surface area contributed by atoms with Gasteiger partial charge in [-0.25, -0.2) is 0 Å². The van der Waals surface area contributed by atoms with Crippen molar-refractivity contribution >= 4 is 11.9 Å². The highest BCUT2D eigenvalue weighted by Crippen LogP contribution is 2.38. The molecule has 0 aromatic rings. The van der Waals surface area contributed by atoms with Crippen LogP contribution in [0.1, 0.15) is 44.9 Å². The van der Waals surface area contributed by atoms with Gasteiger partial charge in [0.1, 0.15) is 0 Å². The fourth-order valence-corrected chi connectivity index (χ4v) is 4.48. The number of fused-ring (bicyclic) bond motifs is 1. The largest absolute Gasteiger partial charge is 0.481 e. The van der Waals surface area contributed by atoms with Crippen molar-refractivity contribution in [1.82, 2.24) is 10.2 Å². The van der Waals surface area contributed by atoms with Gasteiger partial charge in [0.15, 0.2) is 0 Å². The molecule has 2 saturated heterocycles. The third-order valence-corrected chi connectivity index (χ3v) is 5.61. The van der Waals surface area contributed by atoms with Crippen LogP contribution in [0, 0.1) is 17.8 Å². The van der Waals surface area contributed by atoms with Crippen molar-refractivity contribution in [3.63, 3.8) is 0 Å². The molecule has 4 unspecified atom stereocenters. The first-order valence-electron chi connectivity index (χ1n) is 8.39. The third-order valence-electron chi connectivity index (χ3n) is 5.61. The van der Waals surface area contributed by atoms with E-state index in [4.69, 9.17) is 5.11 Å². The molecule has 21 heavy (non-hydrogen) atoms. The minimum Gasteiger partial charge on any atom is -0.481 e. The molecule has 0 aromatic carbocycles. The van der Waals surface area contributed by atoms with Gasteiger partial charge in [0, 0.05) is 19.5 Å². The van der Waals surface area contributed by atoms with Crippen molar-refractivity contribution in [1.29, 1.82) is 0 Å². The van der Waals surface area contributed by atoms with Crippen LogP contribution >= 0.6 is 0 Å². The molecule has 3 aliphatic rings. The summed E-state index contributed by atoms with van der Waals surface area (Å²) in [6.45, 7) is 2.59. The zero-order chi connectivity index (χ0) is 14.8. The molecule has 2 N–H and O–H groups in total. The standard InChI is InChI=1S/C16H26N2O3/c19-14(20)7-6-11-3-2-8-18(10-11)16(21)15-13-5-1-4-12(13)9-17-15/h11-13,15,17H,1-10H2,(H,19,20). The number of nitrogens with one attached hydrogen (secondary N) is 1. The molecule has 118 valence electrons. The first kappa shape index (κ1) is 14.8. The number of carbonyl (C=O) groups is 2. The molecular weight excluding hydrogens is 268 g/mol. The van der Waals surface area contributed by atoms with E-state index in [0.29, 0.717) is 24.2 Å². The van der Waals surface area contributed by atoms with Gasteiger partial charge in [-0.3, -0.25) is 9.59 Å². The lowest BCUT2D eigenvalue weighted by Crippen LogP contribution is -2.49. The number of amides is 1. The van der Waals surface area contributed by atoms with Gasteiger partial charge < -0.3 is 15.3 Å². The second-order valence-electron chi connectivity index (χ2n) is 6.97. The van der Waals surface area contributed by atoms with Crippen molar-refractivity contribution in [3.8, 4) is 0 Å². The lowest BCUT2D eigenvalue weighted by atomic mass is 9.90. The van der Waals surface area contributed by atoms with Crippen LogP contribution in [0.15, 0.2) is 0 Å². The molecule has 0 bridgehead atoms. The van der Waals surface area contributed by atoms with E-state index in [-0.39, 0.29) is 18.4 Å². The third kappa shape index (κ3) is 3.23. The lowest BCUT2D eigenvalue weighted by Gasteiger charge is -2.35. The molecule has 0 radical (unpaired) electrons. The van der Waals surface area contributed by atoms with Gasteiger partial charge in [-0.05, 0) is 56.4 Å². The van der Waals surface area contributed by atoms with Gasteiger partial charge >= 0.3 is 5.97 Å². The summed E-state index contributed by atoms with van der Waals surface area (Å²) in [5.74, 6) is 1.14. The summed E-state index contributed by atoms with van der Waals surface area (Å²) in [7, 11) is 0. The Kier molecular flexibility index (Phi) is 4.48. The van der Waals surface area contributed by atoms with E-state index >= 15 is 0 Å². The zero-order valence-electron chi connectivity index (χ0n) is 12.6. The zero-order valence-corrected chi connectivity index (χ0v) is 12.6. The lowest BCUT2D eigenvalue weighted by molar-refractivity contribution is -0.137. The van der Waals surface area contributed by atoms with Crippen molar-refractivity contribution in [3.05, 3.63) is 0 Å². The average Bonchev–Trinajstić information content (AvgIpc) is 3.07. The van der Waals surface area contributed by atoms with Crippen molar-refractivity contribution in [2.75, 3.05) is 19.6 Å². The Bertz CT molecular complexity index is 412. The van der Waals surface area contributed by atoms with Crippen molar-refractivity contribution < 1.29 is 14.7 Å². The average molecular weight is 294 g/mol. The first-order valence-corrected chi connectivity index (χ1v) is 8.39. The fourth-order valence-electron chi connectivity index (χ4n) is 4.48. The second kappa shape index (κ2) is 6.34. The van der Waals surface area contributed by atoms with E-state index in [2.05, 4.69) is 5.32 Å². The number of nitrogens with zero attached hydrogens (tertiary/aromatic N) is 1. The van der Waals surface area contributed by atoms with Crippen LogP contribution in [0.25, 0.3) is 0 Å². The Morgan fingerprint density at radius 3 is 2.86 bits per heavy atom. The summed E-state index contributed by atoms with van der Waals surface area (Å²) in [5.41, 5.74) is 0. The molecule has 0 spiro atoms. The number of piperidine rings is 1. The van der Waals surface area contributed by atoms with Crippen molar-refractivity contribution in [2.45, 2.75) is 51.0 Å². The summed E-state index contributed by atoms with van der Waals surface area (Å²) < 4.78 is 0. The number of carbonyl (C=O) groups excluding carboxylic acids is 1. The summed E-state index contributed by atoms with van der Waals surface area (Å²) in [5, 5.41) is 12.2. The van der Waals surface area contributed by atoms with Crippen LogP contribution in [0.2, 0.25) is 0 Å². The van der Waals surface area contributed by atoms with Crippen LogP contribution in [-0.2, 0) is 9.59 Å². The van der Waals surface area contributed by atoms with Crippen molar-refractivity contribution in [2.24, 2.45) is 17.8 Å². The van der Waals surface area contributed by atoms with Gasteiger partial charge in [0.2, 0.25) is 5.91 Å². The molecule has 5 heteroatoms. The maximum Gasteiger partial charge on any atom is 0.303 e. The minimum atomic E-state index is -0.732. The van der Waals surface area contributed by atoms with Crippen LogP contribution in [0.3, 0.4) is 0 Å². The SMILES string of the molecule is O=C(O)CCC1CCCN(C(=O)C2NCC3CCCC32)C1. The molecule has 1 aliphatic carbocycles. The molecule has 3 fully saturated rings. The monoisotopic (exact) mass is 294 g/mol. The maximum absolute atomic E-state index is 12.8. The van der Waals surface area contributed by atoms with E-state index in [9.17, 15) is 9.59 Å². The number of rotatable bonds is 4. The molecule has 2 heterocycles. The van der Waals surface area contributed by atoms with Gasteiger partial charge in [0.25, 0.3) is 0 Å². The Hall–Kier alpha value is -1.10. The van der Waals surface area contributed by atoms with E-state index in [1.165, 1.54) is 19.3 Å². The summed E-state index contributed by atoms with van der Waals surface area (Å²) in [6, 6.07) is 0.0238. The number of carboxylic acids is 1. The maximum atomic E-state index is 12.8. The van der Waals surface area contributed by atoms with Crippen LogP contribution in [0.5, 0.6) is 0 Å². The molecule has 4 atom stereocenters. The van der Waals surface area contributed by atoms with E-state index in [1.54, 1.807) is 0 Å². The Morgan fingerprint density at radius 1 is 1.19 bits per heavy atom. The normalized spacial score (nSPS) is 35.7. The van der Waals surface area contributed by atoms with Gasteiger partial charge in [-0.15, -0.1) is 0 Å². The van der Waals surface area contributed by atoms with Crippen LogP contribution in [0.4, 0.5) is 0 Å². The van der Waals surface area contributed by atoms with Gasteiger partial charge in [-0.2, -0.15) is 0 Å². The molecule has 1 saturated carbocycles. The molecule has 1 amide bonds. The second-order valence-corrected chi connectivity index (χ2v) is 6.97. The predicted molar refractivity (Wildman–Crippen MR) is 78.8 cm³/mol. The highest BCUT2D eigenvalue weighted by atomic mass is 16.4. The van der Waals surface area contributed by atoms with Gasteiger partial charge in [-0.1, -0.05) is 6.42 Å². The summed E-state index contributed by atoms with van der Waals surface area (Å²) >= 11 is 0. The minimum absolute atomic E-state index is 0.0238. The number of hydrogen-bond donors (Lipinski definition) is 2. The van der Waals surface area contributed by atoms with Crippen LogP contribution in [-0.4, -0.2) is 47.6 Å². The highest BCUT2D eigenvalue weighted by Gasteiger charge is 2.44. The fraction of sp³-hybridized carbons (Fsp3) is 0.875. The molecule has 0 aromatic heterocycles. The molecule has 2 aliphatic heterocycles. The smallest absolute Gasteiger partial charge is 0.303 e. The quantitative estimate of drug-likeness (QED) is 0.824. The van der Waals surface area contributed by atoms with Gasteiger partial charge in [0.05, 0.1) is 6.04 Å². The predicted octanol–water partition coefficient (Wildman–Crippen LogP) is 1.48. The van der Waals surface area contributed by atoms with Crippen LogP contribution < -0.4 is 5.32 Å². The number of likely N-dealkylation sites (tertiary alicyclic amines) is 1. The summed E-state index contributed by atoms with van der Waals surface area (Å²) in [6.07, 6.45) is 6.70. The van der Waals surface area contributed by atoms with E-state index in [1.807, 2.05) is 4.90 Å². The Morgan fingerprint density at radius 2 is 2.05 bits per heavy atom. The Balaban J connectivity index is 1.55. The number of aliphatic carboxylic acids is 1. The van der Waals surface area contributed by atoms with E-state index < -0.39 is 5.97 Å². The molecular formula is C16H26N2O3. The summed E-state index contributed by atoms with van der Waals surface area (Å²) in [4.78, 5) is 25.5. The first-order chi connectivity index (χ1) is 10.1. The Labute approximate surface area is 126 Å².